The fourth-order valence-electron chi connectivity index (χ4n) is 2.79. The summed E-state index contributed by atoms with van der Waals surface area (Å²) < 4.78 is 28.5. The number of hydrogen-bond donors (Lipinski definition) is 2. The molecule has 2 saturated carbocycles. The van der Waals surface area contributed by atoms with Crippen LogP contribution in [0, 0.1) is 0 Å². The van der Waals surface area contributed by atoms with Crippen molar-refractivity contribution in [3.63, 3.8) is 0 Å². The molecule has 114 valence electrons. The van der Waals surface area contributed by atoms with Crippen LogP contribution >= 0.6 is 12.4 Å². The Kier molecular flexibility index (Phi) is 6.07. The lowest BCUT2D eigenvalue weighted by molar-refractivity contribution is 0.244. The molecule has 0 bridgehead atoms. The Balaban J connectivity index is 0.00000180. The number of hydrogen-bond acceptors (Lipinski definition) is 3. The molecule has 2 aliphatic rings. The molecule has 0 amide bonds. The molecule has 0 aromatic rings. The molecule has 0 radical (unpaired) electrons. The Hall–Kier alpha value is 0.120. The highest BCUT2D eigenvalue weighted by Gasteiger charge is 2.35. The average molecular weight is 312 g/mol. The molecule has 7 heteroatoms. The van der Waals surface area contributed by atoms with Gasteiger partial charge >= 0.3 is 0 Å². The zero-order chi connectivity index (χ0) is 13.2. The van der Waals surface area contributed by atoms with Gasteiger partial charge in [-0.05, 0) is 32.1 Å². The van der Waals surface area contributed by atoms with Gasteiger partial charge in [0.1, 0.15) is 0 Å². The largest absolute Gasteiger partial charge is 0.324 e. The molecule has 0 spiro atoms. The minimum atomic E-state index is -3.37. The highest BCUT2D eigenvalue weighted by atomic mass is 35.5. The van der Waals surface area contributed by atoms with Crippen LogP contribution in [0.2, 0.25) is 0 Å². The summed E-state index contributed by atoms with van der Waals surface area (Å²) in [5, 5.41) is 0. The van der Waals surface area contributed by atoms with Crippen LogP contribution in [0.5, 0.6) is 0 Å². The predicted molar refractivity (Wildman–Crippen MR) is 79.6 cm³/mol. The molecule has 5 nitrogen and oxygen atoms in total. The predicted octanol–water partition coefficient (Wildman–Crippen LogP) is 1.39. The molecule has 19 heavy (non-hydrogen) atoms. The highest BCUT2D eigenvalue weighted by Crippen LogP contribution is 2.28. The average Bonchev–Trinajstić information content (AvgIpc) is 2.34. The number of nitrogens with zero attached hydrogens (tertiary/aromatic N) is 1. The van der Waals surface area contributed by atoms with Crippen molar-refractivity contribution < 1.29 is 8.42 Å². The third kappa shape index (κ3) is 4.29. The van der Waals surface area contributed by atoms with Crippen molar-refractivity contribution in [2.45, 2.75) is 62.9 Å². The monoisotopic (exact) mass is 311 g/mol. The Bertz CT molecular complexity index is 378. The maximum absolute atomic E-state index is 12.2. The second-order valence-corrected chi connectivity index (χ2v) is 7.66. The summed E-state index contributed by atoms with van der Waals surface area (Å²) in [6.45, 7) is 0.367. The van der Waals surface area contributed by atoms with E-state index in [1.807, 2.05) is 0 Å². The summed E-state index contributed by atoms with van der Waals surface area (Å²) in [7, 11) is -1.68. The summed E-state index contributed by atoms with van der Waals surface area (Å²) in [6, 6.07) is 0.159. The zero-order valence-corrected chi connectivity index (χ0v) is 13.2. The number of nitrogens with two attached hydrogens (primary N) is 1. The number of nitrogens with one attached hydrogen (secondary N) is 1. The normalized spacial score (nSPS) is 23.7. The van der Waals surface area contributed by atoms with Gasteiger partial charge in [0, 0.05) is 25.2 Å². The fourth-order valence-corrected chi connectivity index (χ4v) is 4.06. The van der Waals surface area contributed by atoms with Crippen LogP contribution in [0.15, 0.2) is 0 Å². The maximum atomic E-state index is 12.2. The molecule has 0 aliphatic heterocycles. The molecule has 0 aromatic carbocycles. The lowest BCUT2D eigenvalue weighted by Gasteiger charge is -2.39. The molecule has 3 N–H and O–H groups in total. The van der Waals surface area contributed by atoms with E-state index in [1.165, 1.54) is 10.7 Å². The van der Waals surface area contributed by atoms with E-state index in [9.17, 15) is 8.42 Å². The van der Waals surface area contributed by atoms with Crippen molar-refractivity contribution in [3.05, 3.63) is 0 Å². The van der Waals surface area contributed by atoms with E-state index in [2.05, 4.69) is 4.72 Å². The Morgan fingerprint density at radius 1 is 1.21 bits per heavy atom. The van der Waals surface area contributed by atoms with Crippen LogP contribution in [0.1, 0.15) is 51.4 Å². The fraction of sp³-hybridized carbons (Fsp3) is 1.00. The van der Waals surface area contributed by atoms with E-state index >= 15 is 0 Å². The topological polar surface area (TPSA) is 75.4 Å². The first-order valence-corrected chi connectivity index (χ1v) is 8.38. The quantitative estimate of drug-likeness (QED) is 0.805. The van der Waals surface area contributed by atoms with Gasteiger partial charge in [-0.15, -0.1) is 12.4 Å². The molecule has 2 fully saturated rings. The van der Waals surface area contributed by atoms with Crippen LogP contribution in [0.4, 0.5) is 0 Å². The molecule has 0 saturated heterocycles. The van der Waals surface area contributed by atoms with E-state index in [0.29, 0.717) is 6.54 Å². The second kappa shape index (κ2) is 6.72. The van der Waals surface area contributed by atoms with Crippen molar-refractivity contribution in [2.24, 2.45) is 5.73 Å². The van der Waals surface area contributed by atoms with Crippen LogP contribution in [-0.2, 0) is 10.2 Å². The Labute approximate surface area is 122 Å². The van der Waals surface area contributed by atoms with Gasteiger partial charge in [0.05, 0.1) is 0 Å². The second-order valence-electron chi connectivity index (χ2n) is 5.85. The van der Waals surface area contributed by atoms with Gasteiger partial charge in [0.2, 0.25) is 0 Å². The number of rotatable bonds is 5. The van der Waals surface area contributed by atoms with Crippen molar-refractivity contribution in [1.82, 2.24) is 9.03 Å². The molecule has 0 heterocycles. The highest BCUT2D eigenvalue weighted by molar-refractivity contribution is 7.87. The molecular formula is C12H26ClN3O2S. The van der Waals surface area contributed by atoms with E-state index in [4.69, 9.17) is 5.73 Å². The van der Waals surface area contributed by atoms with Crippen LogP contribution in [0.3, 0.4) is 0 Å². The van der Waals surface area contributed by atoms with Gasteiger partial charge in [-0.2, -0.15) is 12.7 Å². The molecular weight excluding hydrogens is 286 g/mol. The van der Waals surface area contributed by atoms with E-state index < -0.39 is 10.2 Å². The molecule has 0 unspecified atom stereocenters. The van der Waals surface area contributed by atoms with Gasteiger partial charge in [-0.25, -0.2) is 4.72 Å². The first-order valence-electron chi connectivity index (χ1n) is 6.94. The van der Waals surface area contributed by atoms with Crippen LogP contribution < -0.4 is 10.5 Å². The van der Waals surface area contributed by atoms with Crippen molar-refractivity contribution in [2.75, 3.05) is 13.6 Å². The van der Waals surface area contributed by atoms with E-state index in [-0.39, 0.29) is 24.0 Å². The summed E-state index contributed by atoms with van der Waals surface area (Å²) in [5.74, 6) is 0. The lowest BCUT2D eigenvalue weighted by atomic mass is 9.78. The standard InChI is InChI=1S/C12H25N3O2S.ClH/c1-15(11-6-3-2-4-7-11)18(16,17)14-10-12(13)8-5-9-12;/h11,14H,2-10,13H2,1H3;1H. The molecule has 0 atom stereocenters. The Morgan fingerprint density at radius 2 is 1.79 bits per heavy atom. The smallest absolute Gasteiger partial charge is 0.279 e. The zero-order valence-electron chi connectivity index (χ0n) is 11.6. The van der Waals surface area contributed by atoms with Crippen molar-refractivity contribution in [3.8, 4) is 0 Å². The molecule has 2 aliphatic carbocycles. The molecule has 0 aromatic heterocycles. The summed E-state index contributed by atoms with van der Waals surface area (Å²) in [4.78, 5) is 0. The SMILES string of the molecule is CN(C1CCCCC1)S(=O)(=O)NCC1(N)CCC1.Cl. The van der Waals surface area contributed by atoms with Gasteiger partial charge in [-0.3, -0.25) is 0 Å². The van der Waals surface area contributed by atoms with Gasteiger partial charge in [0.15, 0.2) is 0 Å². The summed E-state index contributed by atoms with van der Waals surface area (Å²) >= 11 is 0. The third-order valence-corrected chi connectivity index (χ3v) is 5.99. The van der Waals surface area contributed by atoms with Crippen LogP contribution in [0.25, 0.3) is 0 Å². The lowest BCUT2D eigenvalue weighted by Crippen LogP contribution is -2.57. The van der Waals surface area contributed by atoms with Gasteiger partial charge in [0.25, 0.3) is 10.2 Å². The minimum absolute atomic E-state index is 0. The first kappa shape index (κ1) is 17.2. The van der Waals surface area contributed by atoms with Gasteiger partial charge < -0.3 is 5.73 Å². The third-order valence-electron chi connectivity index (χ3n) is 4.42. The van der Waals surface area contributed by atoms with E-state index in [1.54, 1.807) is 7.05 Å². The first-order chi connectivity index (χ1) is 8.43. The maximum Gasteiger partial charge on any atom is 0.279 e. The Morgan fingerprint density at radius 3 is 2.26 bits per heavy atom. The minimum Gasteiger partial charge on any atom is -0.324 e. The molecule has 2 rings (SSSR count). The van der Waals surface area contributed by atoms with E-state index in [0.717, 1.165) is 44.9 Å². The van der Waals surface area contributed by atoms with Crippen molar-refractivity contribution in [1.29, 1.82) is 0 Å². The van der Waals surface area contributed by atoms with Crippen LogP contribution in [-0.4, -0.2) is 37.9 Å². The summed E-state index contributed by atoms with van der Waals surface area (Å²) in [6.07, 6.45) is 8.39. The summed E-state index contributed by atoms with van der Waals surface area (Å²) in [5.41, 5.74) is 5.74. The van der Waals surface area contributed by atoms with Crippen molar-refractivity contribution >= 4 is 22.6 Å². The van der Waals surface area contributed by atoms with Gasteiger partial charge in [-0.1, -0.05) is 19.3 Å². The number of halogens is 1.